The molecule has 0 spiro atoms. The lowest BCUT2D eigenvalue weighted by atomic mass is 10.3. The first-order valence-electron chi connectivity index (χ1n) is 3.61. The molecule has 0 aliphatic heterocycles. The molecular weight excluding hydrogens is 154 g/mol. The van der Waals surface area contributed by atoms with Gasteiger partial charge in [0.2, 0.25) is 0 Å². The monoisotopic (exact) mass is 165 g/mol. The van der Waals surface area contributed by atoms with Crippen molar-refractivity contribution in [2.24, 2.45) is 0 Å². The molecule has 1 rings (SSSR count). The highest BCUT2D eigenvalue weighted by Crippen LogP contribution is 1.93. The molecule has 0 saturated heterocycles. The second-order valence-electron chi connectivity index (χ2n) is 2.63. The van der Waals surface area contributed by atoms with Gasteiger partial charge in [0.25, 0.3) is 5.91 Å². The van der Waals surface area contributed by atoms with Crippen LogP contribution in [0.15, 0.2) is 24.5 Å². The van der Waals surface area contributed by atoms with Gasteiger partial charge in [-0.25, -0.2) is 0 Å². The number of nitrogens with one attached hydrogen (secondary N) is 2. The van der Waals surface area contributed by atoms with Crippen molar-refractivity contribution >= 4 is 5.91 Å². The van der Waals surface area contributed by atoms with E-state index in [2.05, 4.69) is 22.1 Å². The number of aromatic nitrogens is 2. The molecule has 0 aliphatic rings. The van der Waals surface area contributed by atoms with Crippen LogP contribution in [-0.2, 0) is 0 Å². The Labute approximate surface area is 70.7 Å². The minimum absolute atomic E-state index is 0.133. The maximum absolute atomic E-state index is 11.2. The Morgan fingerprint density at radius 1 is 1.83 bits per heavy atom. The lowest BCUT2D eigenvalue weighted by Gasteiger charge is -2.00. The van der Waals surface area contributed by atoms with Crippen LogP contribution in [-0.4, -0.2) is 22.6 Å². The molecule has 1 amide bonds. The molecular formula is C8H11N3O. The van der Waals surface area contributed by atoms with Crippen LogP contribution in [0.25, 0.3) is 0 Å². The van der Waals surface area contributed by atoms with Gasteiger partial charge in [0.05, 0.1) is 11.8 Å². The fourth-order valence-corrected chi connectivity index (χ4v) is 0.708. The Hall–Kier alpha value is -1.58. The topological polar surface area (TPSA) is 57.8 Å². The van der Waals surface area contributed by atoms with Crippen LogP contribution in [0.1, 0.15) is 17.3 Å². The molecule has 4 heteroatoms. The third-order valence-electron chi connectivity index (χ3n) is 1.31. The van der Waals surface area contributed by atoms with E-state index in [9.17, 15) is 4.79 Å². The van der Waals surface area contributed by atoms with Crippen LogP contribution < -0.4 is 5.32 Å². The predicted octanol–water partition coefficient (Wildman–Crippen LogP) is 0.716. The number of carbonyl (C=O) groups is 1. The maximum atomic E-state index is 11.2. The van der Waals surface area contributed by atoms with Gasteiger partial charge in [-0.3, -0.25) is 9.89 Å². The maximum Gasteiger partial charge on any atom is 0.254 e. The summed E-state index contributed by atoms with van der Waals surface area (Å²) >= 11 is 0. The summed E-state index contributed by atoms with van der Waals surface area (Å²) in [5, 5.41) is 8.91. The third-order valence-corrected chi connectivity index (χ3v) is 1.31. The lowest BCUT2D eigenvalue weighted by molar-refractivity contribution is 0.0957. The number of rotatable bonds is 3. The summed E-state index contributed by atoms with van der Waals surface area (Å²) < 4.78 is 0. The number of nitrogens with zero attached hydrogens (tertiary/aromatic N) is 1. The molecule has 0 atom stereocenters. The summed E-state index contributed by atoms with van der Waals surface area (Å²) in [6.07, 6.45) is 3.03. The molecule has 12 heavy (non-hydrogen) atoms. The standard InChI is InChI=1S/C8H11N3O/c1-6(2)3-9-8(12)7-4-10-11-5-7/h4-5H,1,3H2,2H3,(H,9,12)(H,10,11). The number of aromatic amines is 1. The number of H-pyrrole nitrogens is 1. The van der Waals surface area contributed by atoms with Crippen LogP contribution in [0.4, 0.5) is 0 Å². The SMILES string of the molecule is C=C(C)CNC(=O)c1cn[nH]c1. The summed E-state index contributed by atoms with van der Waals surface area (Å²) in [5.74, 6) is -0.133. The summed E-state index contributed by atoms with van der Waals surface area (Å²) in [6.45, 7) is 6.03. The molecule has 0 unspecified atom stereocenters. The van der Waals surface area contributed by atoms with Crippen molar-refractivity contribution in [1.29, 1.82) is 0 Å². The molecule has 0 radical (unpaired) electrons. The second kappa shape index (κ2) is 3.71. The van der Waals surface area contributed by atoms with E-state index in [0.29, 0.717) is 12.1 Å². The highest BCUT2D eigenvalue weighted by Gasteiger charge is 2.04. The Morgan fingerprint density at radius 3 is 3.08 bits per heavy atom. The Morgan fingerprint density at radius 2 is 2.58 bits per heavy atom. The van der Waals surface area contributed by atoms with Gasteiger partial charge in [-0.15, -0.1) is 0 Å². The largest absolute Gasteiger partial charge is 0.348 e. The number of hydrogen-bond acceptors (Lipinski definition) is 2. The lowest BCUT2D eigenvalue weighted by Crippen LogP contribution is -2.24. The van der Waals surface area contributed by atoms with Crippen molar-refractivity contribution in [3.63, 3.8) is 0 Å². The average Bonchev–Trinajstić information content (AvgIpc) is 2.51. The summed E-state index contributed by atoms with van der Waals surface area (Å²) in [5.41, 5.74) is 1.46. The van der Waals surface area contributed by atoms with E-state index < -0.39 is 0 Å². The van der Waals surface area contributed by atoms with Crippen molar-refractivity contribution in [2.75, 3.05) is 6.54 Å². The minimum Gasteiger partial charge on any atom is -0.348 e. The molecule has 4 nitrogen and oxygen atoms in total. The smallest absolute Gasteiger partial charge is 0.254 e. The predicted molar refractivity (Wildman–Crippen MR) is 45.7 cm³/mol. The molecule has 2 N–H and O–H groups in total. The van der Waals surface area contributed by atoms with E-state index >= 15 is 0 Å². The number of amides is 1. The van der Waals surface area contributed by atoms with Gasteiger partial charge in [-0.05, 0) is 6.92 Å². The van der Waals surface area contributed by atoms with Crippen molar-refractivity contribution in [1.82, 2.24) is 15.5 Å². The van der Waals surface area contributed by atoms with Crippen molar-refractivity contribution in [3.8, 4) is 0 Å². The molecule has 1 heterocycles. The summed E-state index contributed by atoms with van der Waals surface area (Å²) in [7, 11) is 0. The van der Waals surface area contributed by atoms with E-state index in [1.54, 1.807) is 6.20 Å². The normalized spacial score (nSPS) is 9.42. The molecule has 0 bridgehead atoms. The fraction of sp³-hybridized carbons (Fsp3) is 0.250. The van der Waals surface area contributed by atoms with Crippen LogP contribution in [0.2, 0.25) is 0 Å². The summed E-state index contributed by atoms with van der Waals surface area (Å²) in [6, 6.07) is 0. The van der Waals surface area contributed by atoms with Gasteiger partial charge in [-0.2, -0.15) is 5.10 Å². The van der Waals surface area contributed by atoms with Gasteiger partial charge in [0.1, 0.15) is 0 Å². The summed E-state index contributed by atoms with van der Waals surface area (Å²) in [4.78, 5) is 11.2. The van der Waals surface area contributed by atoms with Crippen molar-refractivity contribution in [3.05, 3.63) is 30.1 Å². The molecule has 0 saturated carbocycles. The first-order valence-corrected chi connectivity index (χ1v) is 3.61. The van der Waals surface area contributed by atoms with Gasteiger partial charge >= 0.3 is 0 Å². The zero-order chi connectivity index (χ0) is 8.97. The number of hydrogen-bond donors (Lipinski definition) is 2. The average molecular weight is 165 g/mol. The molecule has 1 aromatic heterocycles. The van der Waals surface area contributed by atoms with E-state index in [1.807, 2.05) is 6.92 Å². The van der Waals surface area contributed by atoms with Gasteiger partial charge in [0, 0.05) is 12.7 Å². The first-order chi connectivity index (χ1) is 5.70. The quantitative estimate of drug-likeness (QED) is 0.648. The molecule has 0 fully saturated rings. The molecule has 64 valence electrons. The molecule has 0 aromatic carbocycles. The van der Waals surface area contributed by atoms with E-state index in [4.69, 9.17) is 0 Å². The fourth-order valence-electron chi connectivity index (χ4n) is 0.708. The van der Waals surface area contributed by atoms with Gasteiger partial charge in [-0.1, -0.05) is 12.2 Å². The van der Waals surface area contributed by atoms with Gasteiger partial charge in [0.15, 0.2) is 0 Å². The first kappa shape index (κ1) is 8.52. The second-order valence-corrected chi connectivity index (χ2v) is 2.63. The minimum atomic E-state index is -0.133. The van der Waals surface area contributed by atoms with Crippen LogP contribution in [0.5, 0.6) is 0 Å². The highest BCUT2D eigenvalue weighted by molar-refractivity contribution is 5.93. The zero-order valence-electron chi connectivity index (χ0n) is 6.92. The zero-order valence-corrected chi connectivity index (χ0v) is 6.92. The van der Waals surface area contributed by atoms with E-state index in [-0.39, 0.29) is 5.91 Å². The highest BCUT2D eigenvalue weighted by atomic mass is 16.1. The Bertz CT molecular complexity index is 277. The van der Waals surface area contributed by atoms with Crippen LogP contribution >= 0.6 is 0 Å². The van der Waals surface area contributed by atoms with Gasteiger partial charge < -0.3 is 5.32 Å². The Balaban J connectivity index is 2.45. The van der Waals surface area contributed by atoms with Crippen molar-refractivity contribution < 1.29 is 4.79 Å². The molecule has 0 aliphatic carbocycles. The molecule has 1 aromatic rings. The Kier molecular flexibility index (Phi) is 2.63. The van der Waals surface area contributed by atoms with Crippen LogP contribution in [0, 0.1) is 0 Å². The van der Waals surface area contributed by atoms with Crippen molar-refractivity contribution in [2.45, 2.75) is 6.92 Å². The van der Waals surface area contributed by atoms with Crippen LogP contribution in [0.3, 0.4) is 0 Å². The van der Waals surface area contributed by atoms with E-state index in [1.165, 1.54) is 6.20 Å². The third kappa shape index (κ3) is 2.23. The number of carbonyl (C=O) groups excluding carboxylic acids is 1. The van der Waals surface area contributed by atoms with E-state index in [0.717, 1.165) is 5.57 Å².